The third kappa shape index (κ3) is 4.31. The zero-order chi connectivity index (χ0) is 8.69. The summed E-state index contributed by atoms with van der Waals surface area (Å²) in [5.41, 5.74) is 0. The van der Waals surface area contributed by atoms with Crippen LogP contribution >= 0.6 is 0 Å². The molecule has 0 aliphatic carbocycles. The minimum atomic E-state index is -0.352. The van der Waals surface area contributed by atoms with Crippen molar-refractivity contribution in [1.29, 1.82) is 0 Å². The molecule has 0 aromatic rings. The smallest absolute Gasteiger partial charge is 0.185 e. The largest absolute Gasteiger partial charge is 0.350 e. The summed E-state index contributed by atoms with van der Waals surface area (Å²) in [6.45, 7) is 6.79. The first-order chi connectivity index (χ1) is 5.26. The van der Waals surface area contributed by atoms with Gasteiger partial charge in [-0.1, -0.05) is 0 Å². The molecule has 0 aromatic carbocycles. The van der Waals surface area contributed by atoms with Crippen molar-refractivity contribution < 1.29 is 14.3 Å². The molecule has 0 amide bonds. The van der Waals surface area contributed by atoms with Crippen molar-refractivity contribution in [2.24, 2.45) is 5.90 Å². The van der Waals surface area contributed by atoms with Gasteiger partial charge in [0.2, 0.25) is 0 Å². The van der Waals surface area contributed by atoms with E-state index in [9.17, 15) is 0 Å². The molecule has 0 spiro atoms. The Balaban J connectivity index is 3.66. The fourth-order valence-electron chi connectivity index (χ4n) is 0.712. The number of nitrogens with two attached hydrogens (primary N) is 1. The number of rotatable bonds is 6. The second kappa shape index (κ2) is 6.54. The number of hydrogen-bond acceptors (Lipinski definition) is 4. The molecule has 11 heavy (non-hydrogen) atoms. The van der Waals surface area contributed by atoms with Crippen molar-refractivity contribution in [2.75, 3.05) is 13.2 Å². The highest BCUT2D eigenvalue weighted by molar-refractivity contribution is 4.53. The molecule has 4 nitrogen and oxygen atoms in total. The summed E-state index contributed by atoms with van der Waals surface area (Å²) in [5, 5.41) is 0. The van der Waals surface area contributed by atoms with E-state index in [1.165, 1.54) is 0 Å². The Morgan fingerprint density at radius 2 is 1.64 bits per heavy atom. The van der Waals surface area contributed by atoms with Crippen LogP contribution in [0.5, 0.6) is 0 Å². The molecule has 0 radical (unpaired) electrons. The van der Waals surface area contributed by atoms with Gasteiger partial charge in [-0.05, 0) is 20.8 Å². The average Bonchev–Trinajstić information content (AvgIpc) is 2.03. The molecule has 0 fully saturated rings. The maximum Gasteiger partial charge on any atom is 0.185 e. The third-order valence-electron chi connectivity index (χ3n) is 1.26. The fraction of sp³-hybridized carbons (Fsp3) is 1.00. The Morgan fingerprint density at radius 3 is 1.91 bits per heavy atom. The van der Waals surface area contributed by atoms with Crippen molar-refractivity contribution in [3.63, 3.8) is 0 Å². The number of hydrogen-bond donors (Lipinski definition) is 1. The highest BCUT2D eigenvalue weighted by atomic mass is 16.7. The maximum absolute atomic E-state index is 5.21. The topological polar surface area (TPSA) is 53.7 Å². The molecule has 68 valence electrons. The summed E-state index contributed by atoms with van der Waals surface area (Å²) < 4.78 is 10.4. The van der Waals surface area contributed by atoms with Gasteiger partial charge in [0.05, 0.1) is 0 Å². The summed E-state index contributed by atoms with van der Waals surface area (Å²) in [6.07, 6.45) is -0.579. The van der Waals surface area contributed by atoms with Crippen LogP contribution in [0.15, 0.2) is 0 Å². The SMILES string of the molecule is CCOC(OCC)C(C)ON. The number of ether oxygens (including phenoxy) is 2. The van der Waals surface area contributed by atoms with Crippen LogP contribution < -0.4 is 5.90 Å². The molecular weight excluding hydrogens is 146 g/mol. The Kier molecular flexibility index (Phi) is 6.45. The summed E-state index contributed by atoms with van der Waals surface area (Å²) in [6, 6.07) is 0. The van der Waals surface area contributed by atoms with Crippen LogP contribution in [0.25, 0.3) is 0 Å². The Morgan fingerprint density at radius 1 is 1.18 bits per heavy atom. The van der Waals surface area contributed by atoms with E-state index in [2.05, 4.69) is 4.84 Å². The zero-order valence-electron chi connectivity index (χ0n) is 7.37. The van der Waals surface area contributed by atoms with Gasteiger partial charge in [-0.3, -0.25) is 4.84 Å². The van der Waals surface area contributed by atoms with Crippen molar-refractivity contribution in [3.8, 4) is 0 Å². The van der Waals surface area contributed by atoms with Gasteiger partial charge in [-0.15, -0.1) is 0 Å². The molecule has 0 rings (SSSR count). The summed E-state index contributed by atoms with van der Waals surface area (Å²) in [5.74, 6) is 4.97. The normalized spacial score (nSPS) is 13.9. The van der Waals surface area contributed by atoms with Gasteiger partial charge in [0.15, 0.2) is 6.29 Å². The quantitative estimate of drug-likeness (QED) is 0.461. The van der Waals surface area contributed by atoms with Crippen LogP contribution in [0, 0.1) is 0 Å². The van der Waals surface area contributed by atoms with Gasteiger partial charge in [-0.2, -0.15) is 0 Å². The Hall–Kier alpha value is -0.160. The molecule has 0 aliphatic rings. The van der Waals surface area contributed by atoms with Crippen LogP contribution in [0.3, 0.4) is 0 Å². The molecule has 4 heteroatoms. The van der Waals surface area contributed by atoms with Crippen molar-refractivity contribution >= 4 is 0 Å². The first-order valence-electron chi connectivity index (χ1n) is 3.85. The standard InChI is InChI=1S/C7H17NO3/c1-4-9-7(10-5-2)6(3)11-8/h6-7H,4-5,8H2,1-3H3. The summed E-state index contributed by atoms with van der Waals surface area (Å²) in [7, 11) is 0. The lowest BCUT2D eigenvalue weighted by atomic mass is 10.4. The Bertz CT molecular complexity index is 83.8. The second-order valence-corrected chi connectivity index (χ2v) is 2.12. The van der Waals surface area contributed by atoms with Crippen molar-refractivity contribution in [2.45, 2.75) is 33.2 Å². The van der Waals surface area contributed by atoms with Gasteiger partial charge < -0.3 is 9.47 Å². The molecule has 0 bridgehead atoms. The lowest BCUT2D eigenvalue weighted by Gasteiger charge is -2.21. The van der Waals surface area contributed by atoms with Crippen LogP contribution in [0.1, 0.15) is 20.8 Å². The predicted molar refractivity (Wildman–Crippen MR) is 41.8 cm³/mol. The molecule has 0 heterocycles. The van der Waals surface area contributed by atoms with Gasteiger partial charge in [0, 0.05) is 13.2 Å². The van der Waals surface area contributed by atoms with E-state index >= 15 is 0 Å². The van der Waals surface area contributed by atoms with Gasteiger partial charge in [-0.25, -0.2) is 5.90 Å². The second-order valence-electron chi connectivity index (χ2n) is 2.12. The van der Waals surface area contributed by atoms with E-state index < -0.39 is 0 Å². The molecule has 2 N–H and O–H groups in total. The van der Waals surface area contributed by atoms with Crippen molar-refractivity contribution in [3.05, 3.63) is 0 Å². The van der Waals surface area contributed by atoms with E-state index in [4.69, 9.17) is 15.4 Å². The van der Waals surface area contributed by atoms with E-state index in [1.54, 1.807) is 6.92 Å². The van der Waals surface area contributed by atoms with E-state index in [1.807, 2.05) is 13.8 Å². The monoisotopic (exact) mass is 163 g/mol. The lowest BCUT2D eigenvalue weighted by Crippen LogP contribution is -2.33. The molecule has 0 saturated carbocycles. The molecule has 0 saturated heterocycles. The Labute approximate surface area is 67.6 Å². The summed E-state index contributed by atoms with van der Waals surface area (Å²) in [4.78, 5) is 4.57. The van der Waals surface area contributed by atoms with Crippen LogP contribution in [0.4, 0.5) is 0 Å². The fourth-order valence-corrected chi connectivity index (χ4v) is 0.712. The minimum absolute atomic E-state index is 0.227. The third-order valence-corrected chi connectivity index (χ3v) is 1.26. The van der Waals surface area contributed by atoms with Gasteiger partial charge in [0.25, 0.3) is 0 Å². The predicted octanol–water partition coefficient (Wildman–Crippen LogP) is 0.664. The molecule has 0 aromatic heterocycles. The van der Waals surface area contributed by atoms with Crippen molar-refractivity contribution in [1.82, 2.24) is 0 Å². The summed E-state index contributed by atoms with van der Waals surface area (Å²) >= 11 is 0. The molecular formula is C7H17NO3. The zero-order valence-corrected chi connectivity index (χ0v) is 7.37. The van der Waals surface area contributed by atoms with E-state index in [0.29, 0.717) is 13.2 Å². The molecule has 1 unspecified atom stereocenters. The highest BCUT2D eigenvalue weighted by Gasteiger charge is 2.16. The highest BCUT2D eigenvalue weighted by Crippen LogP contribution is 2.03. The van der Waals surface area contributed by atoms with E-state index in [0.717, 1.165) is 0 Å². The maximum atomic E-state index is 5.21. The molecule has 1 atom stereocenters. The molecule has 0 aliphatic heterocycles. The van der Waals surface area contributed by atoms with E-state index in [-0.39, 0.29) is 12.4 Å². The first kappa shape index (κ1) is 10.8. The lowest BCUT2D eigenvalue weighted by molar-refractivity contribution is -0.199. The average molecular weight is 163 g/mol. The minimum Gasteiger partial charge on any atom is -0.350 e. The van der Waals surface area contributed by atoms with Gasteiger partial charge in [0.1, 0.15) is 6.10 Å². The van der Waals surface area contributed by atoms with Gasteiger partial charge >= 0.3 is 0 Å². The van der Waals surface area contributed by atoms with Crippen LogP contribution in [-0.2, 0) is 14.3 Å². The van der Waals surface area contributed by atoms with Crippen LogP contribution in [-0.4, -0.2) is 25.6 Å². The van der Waals surface area contributed by atoms with Crippen LogP contribution in [0.2, 0.25) is 0 Å². The first-order valence-corrected chi connectivity index (χ1v) is 3.85.